The first-order valence-corrected chi connectivity index (χ1v) is 7.44. The summed E-state index contributed by atoms with van der Waals surface area (Å²) < 4.78 is 12.0. The average Bonchev–Trinajstić information content (AvgIpc) is 3.11. The second kappa shape index (κ2) is 6.19. The van der Waals surface area contributed by atoms with Crippen LogP contribution in [0.4, 0.5) is 5.69 Å². The molecule has 0 saturated carbocycles. The minimum atomic E-state index is -0.326. The molecule has 0 bridgehead atoms. The fourth-order valence-corrected chi connectivity index (χ4v) is 2.41. The molecule has 1 N–H and O–H groups in total. The Morgan fingerprint density at radius 1 is 1.21 bits per heavy atom. The summed E-state index contributed by atoms with van der Waals surface area (Å²) in [6.07, 6.45) is 1.78. The highest BCUT2D eigenvalue weighted by atomic mass is 16.5. The lowest BCUT2D eigenvalue weighted by Crippen LogP contribution is -2.13. The highest BCUT2D eigenvalue weighted by Gasteiger charge is 2.21. The molecule has 0 fully saturated rings. The van der Waals surface area contributed by atoms with Crippen molar-refractivity contribution in [3.05, 3.63) is 53.3 Å². The molecule has 2 aromatic heterocycles. The van der Waals surface area contributed by atoms with Gasteiger partial charge in [0.15, 0.2) is 5.76 Å². The van der Waals surface area contributed by atoms with Crippen molar-refractivity contribution in [2.45, 2.75) is 20.8 Å². The molecule has 7 heteroatoms. The van der Waals surface area contributed by atoms with Crippen LogP contribution in [0.5, 0.6) is 5.88 Å². The van der Waals surface area contributed by atoms with Gasteiger partial charge in [-0.05, 0) is 50.2 Å². The molecular formula is C17H18N4O3. The largest absolute Gasteiger partial charge is 0.478 e. The first-order valence-electron chi connectivity index (χ1n) is 7.44. The molecule has 1 amide bonds. The second-order valence-electron chi connectivity index (χ2n) is 5.41. The molecule has 0 aliphatic carbocycles. The number of amides is 1. The first kappa shape index (κ1) is 15.8. The van der Waals surface area contributed by atoms with E-state index in [0.717, 1.165) is 17.1 Å². The normalized spacial score (nSPS) is 10.7. The van der Waals surface area contributed by atoms with Crippen LogP contribution in [0.2, 0.25) is 0 Å². The van der Waals surface area contributed by atoms with Gasteiger partial charge >= 0.3 is 0 Å². The molecule has 0 radical (unpaired) electrons. The molecule has 3 aromatic rings. The van der Waals surface area contributed by atoms with Crippen LogP contribution in [0.15, 0.2) is 35.1 Å². The molecule has 7 nitrogen and oxygen atoms in total. The highest BCUT2D eigenvalue weighted by molar-refractivity contribution is 6.06. The SMILES string of the molecule is COc1noc(C)c1C(=O)Nc1ccc(-n2cnc(C)c2C)cc1. The first-order chi connectivity index (χ1) is 11.5. The predicted molar refractivity (Wildman–Crippen MR) is 88.8 cm³/mol. The van der Waals surface area contributed by atoms with Gasteiger partial charge in [-0.15, -0.1) is 0 Å². The number of hydrogen-bond donors (Lipinski definition) is 1. The number of nitrogens with zero attached hydrogens (tertiary/aromatic N) is 3. The van der Waals surface area contributed by atoms with E-state index in [1.54, 1.807) is 13.3 Å². The lowest BCUT2D eigenvalue weighted by atomic mass is 10.2. The number of anilines is 1. The third-order valence-electron chi connectivity index (χ3n) is 3.91. The van der Waals surface area contributed by atoms with Crippen LogP contribution in [0.3, 0.4) is 0 Å². The fourth-order valence-electron chi connectivity index (χ4n) is 2.41. The number of carbonyl (C=O) groups excluding carboxylic acids is 1. The summed E-state index contributed by atoms with van der Waals surface area (Å²) >= 11 is 0. The number of benzene rings is 1. The van der Waals surface area contributed by atoms with E-state index in [1.165, 1.54) is 7.11 Å². The molecule has 0 spiro atoms. The predicted octanol–water partition coefficient (Wildman–Crippen LogP) is 3.05. The number of nitrogens with one attached hydrogen (secondary N) is 1. The Morgan fingerprint density at radius 2 is 1.92 bits per heavy atom. The number of carbonyl (C=O) groups is 1. The minimum Gasteiger partial charge on any atom is -0.478 e. The average molecular weight is 326 g/mol. The van der Waals surface area contributed by atoms with Crippen LogP contribution in [0.1, 0.15) is 27.5 Å². The smallest absolute Gasteiger partial charge is 0.267 e. The number of rotatable bonds is 4. The van der Waals surface area contributed by atoms with E-state index < -0.39 is 0 Å². The maximum atomic E-state index is 12.4. The van der Waals surface area contributed by atoms with E-state index in [-0.39, 0.29) is 11.8 Å². The fraction of sp³-hybridized carbons (Fsp3) is 0.235. The van der Waals surface area contributed by atoms with Gasteiger partial charge < -0.3 is 19.1 Å². The van der Waals surface area contributed by atoms with Crippen molar-refractivity contribution in [2.75, 3.05) is 12.4 Å². The number of aryl methyl sites for hydroxylation is 2. The summed E-state index contributed by atoms with van der Waals surface area (Å²) in [5, 5.41) is 6.51. The van der Waals surface area contributed by atoms with Gasteiger partial charge in [0.2, 0.25) is 0 Å². The summed E-state index contributed by atoms with van der Waals surface area (Å²) in [6, 6.07) is 7.50. The van der Waals surface area contributed by atoms with Crippen molar-refractivity contribution in [3.8, 4) is 11.6 Å². The minimum absolute atomic E-state index is 0.172. The maximum Gasteiger partial charge on any atom is 0.267 e. The van der Waals surface area contributed by atoms with Crippen molar-refractivity contribution < 1.29 is 14.1 Å². The molecular weight excluding hydrogens is 308 g/mol. The van der Waals surface area contributed by atoms with E-state index in [1.807, 2.05) is 42.7 Å². The Bertz CT molecular complexity index is 878. The van der Waals surface area contributed by atoms with Gasteiger partial charge in [0, 0.05) is 17.1 Å². The topological polar surface area (TPSA) is 82.2 Å². The zero-order valence-electron chi connectivity index (χ0n) is 14.0. The molecule has 2 heterocycles. The molecule has 0 aliphatic rings. The van der Waals surface area contributed by atoms with E-state index in [9.17, 15) is 4.79 Å². The lowest BCUT2D eigenvalue weighted by molar-refractivity contribution is 0.102. The number of imidazole rings is 1. The van der Waals surface area contributed by atoms with Gasteiger partial charge in [-0.1, -0.05) is 0 Å². The quantitative estimate of drug-likeness (QED) is 0.797. The zero-order valence-corrected chi connectivity index (χ0v) is 14.0. The summed E-state index contributed by atoms with van der Waals surface area (Å²) in [7, 11) is 1.44. The van der Waals surface area contributed by atoms with Crippen molar-refractivity contribution in [1.29, 1.82) is 0 Å². The lowest BCUT2D eigenvalue weighted by Gasteiger charge is -2.08. The van der Waals surface area contributed by atoms with Gasteiger partial charge in [0.05, 0.1) is 19.1 Å². The van der Waals surface area contributed by atoms with Gasteiger partial charge in [0.1, 0.15) is 5.56 Å². The Morgan fingerprint density at radius 3 is 2.50 bits per heavy atom. The standard InChI is InChI=1S/C17H18N4O3/c1-10-11(2)21(9-18-10)14-7-5-13(6-8-14)19-16(22)15-12(3)24-20-17(15)23-4/h5-9H,1-4H3,(H,19,22). The van der Waals surface area contributed by atoms with Gasteiger partial charge in [0.25, 0.3) is 11.8 Å². The number of methoxy groups -OCH3 is 1. The van der Waals surface area contributed by atoms with Crippen LogP contribution in [0, 0.1) is 20.8 Å². The van der Waals surface area contributed by atoms with Crippen LogP contribution >= 0.6 is 0 Å². The van der Waals surface area contributed by atoms with Gasteiger partial charge in [-0.2, -0.15) is 0 Å². The summed E-state index contributed by atoms with van der Waals surface area (Å²) in [4.78, 5) is 16.7. The number of aromatic nitrogens is 3. The number of ether oxygens (including phenoxy) is 1. The van der Waals surface area contributed by atoms with Gasteiger partial charge in [-0.25, -0.2) is 4.98 Å². The van der Waals surface area contributed by atoms with E-state index in [2.05, 4.69) is 15.5 Å². The van der Waals surface area contributed by atoms with Crippen molar-refractivity contribution in [2.24, 2.45) is 0 Å². The molecule has 0 saturated heterocycles. The van der Waals surface area contributed by atoms with Crippen molar-refractivity contribution >= 4 is 11.6 Å². The second-order valence-corrected chi connectivity index (χ2v) is 5.41. The van der Waals surface area contributed by atoms with Crippen molar-refractivity contribution in [3.63, 3.8) is 0 Å². The number of hydrogen-bond acceptors (Lipinski definition) is 5. The third-order valence-corrected chi connectivity index (χ3v) is 3.91. The summed E-state index contributed by atoms with van der Waals surface area (Å²) in [6.45, 7) is 5.64. The monoisotopic (exact) mass is 326 g/mol. The molecule has 24 heavy (non-hydrogen) atoms. The van der Waals surface area contributed by atoms with E-state index in [0.29, 0.717) is 17.0 Å². The van der Waals surface area contributed by atoms with Crippen molar-refractivity contribution in [1.82, 2.24) is 14.7 Å². The van der Waals surface area contributed by atoms with Crippen LogP contribution in [-0.4, -0.2) is 27.7 Å². The van der Waals surface area contributed by atoms with Crippen LogP contribution < -0.4 is 10.1 Å². The Labute approximate surface area is 139 Å². The van der Waals surface area contributed by atoms with Crippen LogP contribution in [0.25, 0.3) is 5.69 Å². The summed E-state index contributed by atoms with van der Waals surface area (Å²) in [5.41, 5.74) is 4.01. The summed E-state index contributed by atoms with van der Waals surface area (Å²) in [5.74, 6) is 0.254. The molecule has 3 rings (SSSR count). The molecule has 124 valence electrons. The molecule has 0 aliphatic heterocycles. The third kappa shape index (κ3) is 2.76. The molecule has 0 unspecified atom stereocenters. The zero-order chi connectivity index (χ0) is 17.3. The Balaban J connectivity index is 1.80. The van der Waals surface area contributed by atoms with E-state index >= 15 is 0 Å². The van der Waals surface area contributed by atoms with Crippen LogP contribution in [-0.2, 0) is 0 Å². The van der Waals surface area contributed by atoms with Gasteiger partial charge in [-0.3, -0.25) is 4.79 Å². The Kier molecular flexibility index (Phi) is 4.07. The van der Waals surface area contributed by atoms with E-state index in [4.69, 9.17) is 9.26 Å². The molecule has 1 aromatic carbocycles. The Hall–Kier alpha value is -3.09. The maximum absolute atomic E-state index is 12.4. The highest BCUT2D eigenvalue weighted by Crippen LogP contribution is 2.22. The molecule has 0 atom stereocenters.